The average Bonchev–Trinajstić information content (AvgIpc) is 2.48. The normalized spacial score (nSPS) is 10.1. The molecule has 20 heavy (non-hydrogen) atoms. The van der Waals surface area contributed by atoms with Crippen molar-refractivity contribution < 1.29 is 19.4 Å². The molecule has 1 aromatic carbocycles. The van der Waals surface area contributed by atoms with E-state index in [2.05, 4.69) is 9.97 Å². The summed E-state index contributed by atoms with van der Waals surface area (Å²) < 4.78 is 10.8. The molecule has 2 aromatic rings. The third kappa shape index (κ3) is 3.44. The lowest BCUT2D eigenvalue weighted by molar-refractivity contribution is 0.0696. The predicted octanol–water partition coefficient (Wildman–Crippen LogP) is 1.80. The van der Waals surface area contributed by atoms with Crippen LogP contribution in [0.2, 0.25) is 0 Å². The fourth-order valence-corrected chi connectivity index (χ4v) is 1.58. The number of benzene rings is 1. The summed E-state index contributed by atoms with van der Waals surface area (Å²) in [5.74, 6) is 0.804. The van der Waals surface area contributed by atoms with Gasteiger partial charge in [-0.1, -0.05) is 12.1 Å². The number of para-hydroxylation sites is 2. The Balaban J connectivity index is 1.91. The molecule has 0 spiro atoms. The lowest BCUT2D eigenvalue weighted by Crippen LogP contribution is -2.07. The zero-order valence-corrected chi connectivity index (χ0v) is 10.9. The third-order valence-corrected chi connectivity index (χ3v) is 2.60. The monoisotopic (exact) mass is 274 g/mol. The maximum absolute atomic E-state index is 10.7. The van der Waals surface area contributed by atoms with E-state index in [9.17, 15) is 4.79 Å². The first-order chi connectivity index (χ1) is 9.70. The van der Waals surface area contributed by atoms with Crippen LogP contribution in [0.15, 0.2) is 36.7 Å². The van der Waals surface area contributed by atoms with Crippen LogP contribution in [0.5, 0.6) is 11.5 Å². The number of hydrogen-bond donors (Lipinski definition) is 1. The molecular weight excluding hydrogens is 260 g/mol. The highest BCUT2D eigenvalue weighted by molar-refractivity contribution is 5.86. The molecule has 0 amide bonds. The second kappa shape index (κ2) is 6.51. The molecule has 0 unspecified atom stereocenters. The summed E-state index contributed by atoms with van der Waals surface area (Å²) >= 11 is 0. The topological polar surface area (TPSA) is 81.5 Å². The summed E-state index contributed by atoms with van der Waals surface area (Å²) in [5, 5.41) is 8.74. The number of carboxylic acid groups (broad SMARTS) is 1. The van der Waals surface area contributed by atoms with E-state index < -0.39 is 5.97 Å². The number of nitrogens with zero attached hydrogens (tertiary/aromatic N) is 2. The van der Waals surface area contributed by atoms with Crippen molar-refractivity contribution in [1.82, 2.24) is 9.97 Å². The molecule has 0 fully saturated rings. The fourth-order valence-electron chi connectivity index (χ4n) is 1.58. The summed E-state index contributed by atoms with van der Waals surface area (Å²) in [6.45, 7) is 0.382. The second-order valence-corrected chi connectivity index (χ2v) is 3.94. The van der Waals surface area contributed by atoms with Crippen LogP contribution in [0.1, 0.15) is 16.2 Å². The second-order valence-electron chi connectivity index (χ2n) is 3.94. The number of hydrogen-bond acceptors (Lipinski definition) is 5. The molecule has 0 saturated carbocycles. The first-order valence-electron chi connectivity index (χ1n) is 6.00. The molecule has 0 aliphatic heterocycles. The highest BCUT2D eigenvalue weighted by Gasteiger charge is 2.06. The quantitative estimate of drug-likeness (QED) is 0.865. The minimum atomic E-state index is -1.04. The van der Waals surface area contributed by atoms with Crippen LogP contribution < -0.4 is 9.47 Å². The molecule has 1 aromatic heterocycles. The fraction of sp³-hybridized carbons (Fsp3) is 0.214. The smallest absolute Gasteiger partial charge is 0.338 e. The Labute approximate surface area is 116 Å². The average molecular weight is 274 g/mol. The SMILES string of the molecule is COc1ccccc1OCCc1ncc(C(=O)O)cn1. The van der Waals surface area contributed by atoms with Gasteiger partial charge in [0.05, 0.1) is 19.3 Å². The van der Waals surface area contributed by atoms with Crippen molar-refractivity contribution in [2.24, 2.45) is 0 Å². The largest absolute Gasteiger partial charge is 0.493 e. The molecule has 0 atom stereocenters. The maximum Gasteiger partial charge on any atom is 0.338 e. The minimum absolute atomic E-state index is 0.0689. The Kier molecular flexibility index (Phi) is 4.49. The van der Waals surface area contributed by atoms with E-state index in [1.807, 2.05) is 24.3 Å². The van der Waals surface area contributed by atoms with Gasteiger partial charge < -0.3 is 14.6 Å². The van der Waals surface area contributed by atoms with Gasteiger partial charge in [-0.05, 0) is 12.1 Å². The number of aromatic carboxylic acids is 1. The first kappa shape index (κ1) is 13.8. The van der Waals surface area contributed by atoms with Gasteiger partial charge in [0, 0.05) is 18.8 Å². The molecule has 0 radical (unpaired) electrons. The van der Waals surface area contributed by atoms with Crippen LogP contribution in [-0.4, -0.2) is 34.8 Å². The number of ether oxygens (including phenoxy) is 2. The van der Waals surface area contributed by atoms with E-state index >= 15 is 0 Å². The van der Waals surface area contributed by atoms with Crippen molar-refractivity contribution in [2.75, 3.05) is 13.7 Å². The molecule has 6 heteroatoms. The van der Waals surface area contributed by atoms with E-state index in [1.54, 1.807) is 7.11 Å². The highest BCUT2D eigenvalue weighted by Crippen LogP contribution is 2.25. The number of methoxy groups -OCH3 is 1. The third-order valence-electron chi connectivity index (χ3n) is 2.60. The van der Waals surface area contributed by atoms with Gasteiger partial charge in [0.2, 0.25) is 0 Å². The minimum Gasteiger partial charge on any atom is -0.493 e. The summed E-state index contributed by atoms with van der Waals surface area (Å²) in [4.78, 5) is 18.6. The number of carbonyl (C=O) groups is 1. The first-order valence-corrected chi connectivity index (χ1v) is 6.00. The van der Waals surface area contributed by atoms with Crippen LogP contribution in [0.25, 0.3) is 0 Å². The Bertz CT molecular complexity index is 584. The lowest BCUT2D eigenvalue weighted by Gasteiger charge is -2.09. The van der Waals surface area contributed by atoms with E-state index in [4.69, 9.17) is 14.6 Å². The summed E-state index contributed by atoms with van der Waals surface area (Å²) in [6, 6.07) is 7.34. The van der Waals surface area contributed by atoms with Crippen molar-refractivity contribution >= 4 is 5.97 Å². The molecule has 6 nitrogen and oxygen atoms in total. The summed E-state index contributed by atoms with van der Waals surface area (Å²) in [7, 11) is 1.58. The molecular formula is C14H14N2O4. The number of rotatable bonds is 6. The maximum atomic E-state index is 10.7. The number of aromatic nitrogens is 2. The van der Waals surface area contributed by atoms with Gasteiger partial charge in [0.15, 0.2) is 11.5 Å². The van der Waals surface area contributed by atoms with Gasteiger partial charge in [-0.15, -0.1) is 0 Å². The Morgan fingerprint density at radius 3 is 2.45 bits per heavy atom. The van der Waals surface area contributed by atoms with Crippen molar-refractivity contribution in [3.63, 3.8) is 0 Å². The van der Waals surface area contributed by atoms with Crippen LogP contribution >= 0.6 is 0 Å². The van der Waals surface area contributed by atoms with Crippen LogP contribution in [0.3, 0.4) is 0 Å². The molecule has 2 rings (SSSR count). The molecule has 104 valence electrons. The van der Waals surface area contributed by atoms with E-state index in [-0.39, 0.29) is 5.56 Å². The van der Waals surface area contributed by atoms with Crippen LogP contribution in [0.4, 0.5) is 0 Å². The van der Waals surface area contributed by atoms with Crippen LogP contribution in [-0.2, 0) is 6.42 Å². The van der Waals surface area contributed by atoms with Crippen molar-refractivity contribution in [3.8, 4) is 11.5 Å². The summed E-state index contributed by atoms with van der Waals surface area (Å²) in [5.41, 5.74) is 0.0689. The van der Waals surface area contributed by atoms with Crippen molar-refractivity contribution in [2.45, 2.75) is 6.42 Å². The van der Waals surface area contributed by atoms with E-state index in [0.717, 1.165) is 0 Å². The Hall–Kier alpha value is -2.63. The van der Waals surface area contributed by atoms with Gasteiger partial charge in [-0.2, -0.15) is 0 Å². The standard InChI is InChI=1S/C14H14N2O4/c1-19-11-4-2-3-5-12(11)20-7-6-13-15-8-10(9-16-13)14(17)18/h2-5,8-9H,6-7H2,1H3,(H,17,18). The zero-order valence-electron chi connectivity index (χ0n) is 10.9. The Morgan fingerprint density at radius 2 is 1.85 bits per heavy atom. The highest BCUT2D eigenvalue weighted by atomic mass is 16.5. The molecule has 0 saturated heterocycles. The van der Waals surface area contributed by atoms with E-state index in [0.29, 0.717) is 30.4 Å². The molecule has 0 aliphatic carbocycles. The van der Waals surface area contributed by atoms with Gasteiger partial charge >= 0.3 is 5.97 Å². The van der Waals surface area contributed by atoms with Gasteiger partial charge in [-0.25, -0.2) is 14.8 Å². The molecule has 1 N–H and O–H groups in total. The lowest BCUT2D eigenvalue weighted by atomic mass is 10.3. The van der Waals surface area contributed by atoms with Gasteiger partial charge in [-0.3, -0.25) is 0 Å². The van der Waals surface area contributed by atoms with E-state index in [1.165, 1.54) is 12.4 Å². The van der Waals surface area contributed by atoms with Gasteiger partial charge in [0.1, 0.15) is 5.82 Å². The van der Waals surface area contributed by atoms with Gasteiger partial charge in [0.25, 0.3) is 0 Å². The molecule has 0 aliphatic rings. The Morgan fingerprint density at radius 1 is 1.20 bits per heavy atom. The van der Waals surface area contributed by atoms with Crippen molar-refractivity contribution in [3.05, 3.63) is 48.0 Å². The number of carboxylic acids is 1. The zero-order chi connectivity index (χ0) is 14.4. The van der Waals surface area contributed by atoms with Crippen molar-refractivity contribution in [1.29, 1.82) is 0 Å². The molecule has 0 bridgehead atoms. The predicted molar refractivity (Wildman–Crippen MR) is 71.2 cm³/mol. The molecule has 1 heterocycles. The van der Waals surface area contributed by atoms with Crippen LogP contribution in [0, 0.1) is 0 Å². The summed E-state index contributed by atoms with van der Waals surface area (Å²) in [6.07, 6.45) is 3.06.